The second kappa shape index (κ2) is 7.62. The Kier molecular flexibility index (Phi) is 7.33. The number of sulfone groups is 1. The Hall–Kier alpha value is -0.620. The summed E-state index contributed by atoms with van der Waals surface area (Å²) in [6.07, 6.45) is 0.674. The van der Waals surface area contributed by atoms with E-state index in [0.29, 0.717) is 25.4 Å². The topological polar surface area (TPSA) is 89.3 Å². The minimum absolute atomic E-state index is 0.0282. The molecule has 0 aliphatic heterocycles. The first-order valence-electron chi connectivity index (χ1n) is 5.54. The largest absolute Gasteiger partial charge is 0.355 e. The first-order chi connectivity index (χ1) is 7.37. The maximum Gasteiger partial charge on any atom is 0.221 e. The minimum atomic E-state index is -3.09. The van der Waals surface area contributed by atoms with Crippen molar-refractivity contribution in [1.82, 2.24) is 5.32 Å². The van der Waals surface area contributed by atoms with Gasteiger partial charge in [-0.05, 0) is 12.3 Å². The molecule has 0 heterocycles. The lowest BCUT2D eigenvalue weighted by Gasteiger charge is -2.06. The highest BCUT2D eigenvalue weighted by molar-refractivity contribution is 7.91. The van der Waals surface area contributed by atoms with Crippen LogP contribution in [-0.4, -0.2) is 38.9 Å². The van der Waals surface area contributed by atoms with Gasteiger partial charge in [-0.3, -0.25) is 4.79 Å². The fraction of sp³-hybridized carbons (Fsp3) is 0.900. The number of carbonyl (C=O) groups excluding carboxylic acids is 1. The fourth-order valence-electron chi connectivity index (χ4n) is 1.07. The van der Waals surface area contributed by atoms with Crippen molar-refractivity contribution in [2.75, 3.05) is 24.6 Å². The van der Waals surface area contributed by atoms with Gasteiger partial charge in [0.2, 0.25) is 5.91 Å². The standard InChI is InChI=1S/C10H22N2O3S/c1-9(2)3-7-16(14,15)8-4-10(13)12-6-5-11/h9H,3-8,11H2,1-2H3,(H,12,13). The Morgan fingerprint density at radius 2 is 1.94 bits per heavy atom. The predicted molar refractivity (Wildman–Crippen MR) is 64.8 cm³/mol. The zero-order chi connectivity index (χ0) is 12.6. The van der Waals surface area contributed by atoms with Crippen LogP contribution in [0.5, 0.6) is 0 Å². The molecule has 0 saturated heterocycles. The molecular weight excluding hydrogens is 228 g/mol. The number of nitrogens with two attached hydrogens (primary N) is 1. The molecule has 0 aliphatic carbocycles. The van der Waals surface area contributed by atoms with Gasteiger partial charge in [0, 0.05) is 19.5 Å². The lowest BCUT2D eigenvalue weighted by atomic mass is 10.2. The molecule has 1 amide bonds. The quantitative estimate of drug-likeness (QED) is 0.630. The van der Waals surface area contributed by atoms with Crippen molar-refractivity contribution in [2.24, 2.45) is 11.7 Å². The summed E-state index contributed by atoms with van der Waals surface area (Å²) in [6.45, 7) is 4.71. The van der Waals surface area contributed by atoms with Gasteiger partial charge in [0.1, 0.15) is 0 Å². The summed E-state index contributed by atoms with van der Waals surface area (Å²) >= 11 is 0. The number of carbonyl (C=O) groups is 1. The number of amides is 1. The van der Waals surface area contributed by atoms with E-state index in [1.807, 2.05) is 13.8 Å². The Balaban J connectivity index is 3.85. The van der Waals surface area contributed by atoms with Crippen LogP contribution in [0.25, 0.3) is 0 Å². The summed E-state index contributed by atoms with van der Waals surface area (Å²) < 4.78 is 23.0. The molecule has 0 aromatic carbocycles. The average molecular weight is 250 g/mol. The van der Waals surface area contributed by atoms with Crippen LogP contribution in [0.15, 0.2) is 0 Å². The Labute approximate surface area is 97.7 Å². The van der Waals surface area contributed by atoms with Crippen LogP contribution in [0.3, 0.4) is 0 Å². The molecule has 0 spiro atoms. The molecule has 96 valence electrons. The summed E-state index contributed by atoms with van der Waals surface area (Å²) in [6, 6.07) is 0. The third-order valence-electron chi connectivity index (χ3n) is 2.11. The van der Waals surface area contributed by atoms with Gasteiger partial charge in [-0.25, -0.2) is 8.42 Å². The van der Waals surface area contributed by atoms with E-state index in [-0.39, 0.29) is 23.8 Å². The number of rotatable bonds is 8. The van der Waals surface area contributed by atoms with Crippen LogP contribution in [0.1, 0.15) is 26.7 Å². The number of hydrogen-bond acceptors (Lipinski definition) is 4. The summed E-state index contributed by atoms with van der Waals surface area (Å²) in [5.74, 6) is 0.199. The van der Waals surface area contributed by atoms with Crippen molar-refractivity contribution in [3.8, 4) is 0 Å². The molecule has 0 bridgehead atoms. The van der Waals surface area contributed by atoms with Crippen molar-refractivity contribution in [3.63, 3.8) is 0 Å². The van der Waals surface area contributed by atoms with Crippen LogP contribution in [-0.2, 0) is 14.6 Å². The highest BCUT2D eigenvalue weighted by Gasteiger charge is 2.13. The summed E-state index contributed by atoms with van der Waals surface area (Å²) in [7, 11) is -3.09. The first kappa shape index (κ1) is 15.4. The monoisotopic (exact) mass is 250 g/mol. The Morgan fingerprint density at radius 3 is 2.44 bits per heavy atom. The van der Waals surface area contributed by atoms with Crippen molar-refractivity contribution >= 4 is 15.7 Å². The Morgan fingerprint density at radius 1 is 1.31 bits per heavy atom. The lowest BCUT2D eigenvalue weighted by molar-refractivity contribution is -0.120. The second-order valence-corrected chi connectivity index (χ2v) is 6.53. The molecule has 3 N–H and O–H groups in total. The molecule has 16 heavy (non-hydrogen) atoms. The molecule has 5 nitrogen and oxygen atoms in total. The van der Waals surface area contributed by atoms with E-state index in [4.69, 9.17) is 5.73 Å². The van der Waals surface area contributed by atoms with Crippen molar-refractivity contribution in [1.29, 1.82) is 0 Å². The third kappa shape index (κ3) is 8.67. The lowest BCUT2D eigenvalue weighted by Crippen LogP contribution is -2.30. The van der Waals surface area contributed by atoms with Crippen molar-refractivity contribution in [2.45, 2.75) is 26.7 Å². The van der Waals surface area contributed by atoms with Crippen LogP contribution < -0.4 is 11.1 Å². The van der Waals surface area contributed by atoms with Gasteiger partial charge >= 0.3 is 0 Å². The zero-order valence-corrected chi connectivity index (χ0v) is 10.8. The molecule has 0 saturated carbocycles. The number of hydrogen-bond donors (Lipinski definition) is 2. The molecule has 0 unspecified atom stereocenters. The van der Waals surface area contributed by atoms with Gasteiger partial charge in [0.15, 0.2) is 9.84 Å². The minimum Gasteiger partial charge on any atom is -0.355 e. The molecule has 0 aromatic rings. The highest BCUT2D eigenvalue weighted by Crippen LogP contribution is 2.04. The molecule has 0 radical (unpaired) electrons. The Bertz CT molecular complexity index is 299. The smallest absolute Gasteiger partial charge is 0.221 e. The summed E-state index contributed by atoms with van der Waals surface area (Å²) in [5, 5.41) is 2.54. The van der Waals surface area contributed by atoms with Crippen molar-refractivity contribution in [3.05, 3.63) is 0 Å². The zero-order valence-electron chi connectivity index (χ0n) is 10.0. The molecule has 0 atom stereocenters. The van der Waals surface area contributed by atoms with E-state index in [0.717, 1.165) is 0 Å². The van der Waals surface area contributed by atoms with Gasteiger partial charge in [0.05, 0.1) is 11.5 Å². The maximum atomic E-state index is 11.5. The van der Waals surface area contributed by atoms with Crippen LogP contribution in [0.2, 0.25) is 0 Å². The molecular formula is C10H22N2O3S. The van der Waals surface area contributed by atoms with Gasteiger partial charge in [0.25, 0.3) is 0 Å². The van der Waals surface area contributed by atoms with E-state index in [2.05, 4.69) is 5.32 Å². The SMILES string of the molecule is CC(C)CCS(=O)(=O)CCC(=O)NCCN. The van der Waals surface area contributed by atoms with E-state index in [1.165, 1.54) is 0 Å². The van der Waals surface area contributed by atoms with Gasteiger partial charge < -0.3 is 11.1 Å². The van der Waals surface area contributed by atoms with E-state index in [1.54, 1.807) is 0 Å². The highest BCUT2D eigenvalue weighted by atomic mass is 32.2. The van der Waals surface area contributed by atoms with E-state index in [9.17, 15) is 13.2 Å². The van der Waals surface area contributed by atoms with Gasteiger partial charge in [-0.15, -0.1) is 0 Å². The molecule has 0 aliphatic rings. The number of nitrogens with one attached hydrogen (secondary N) is 1. The van der Waals surface area contributed by atoms with Gasteiger partial charge in [-0.1, -0.05) is 13.8 Å². The van der Waals surface area contributed by atoms with Gasteiger partial charge in [-0.2, -0.15) is 0 Å². The maximum absolute atomic E-state index is 11.5. The third-order valence-corrected chi connectivity index (χ3v) is 3.80. The molecule has 0 aromatic heterocycles. The van der Waals surface area contributed by atoms with Crippen LogP contribution in [0.4, 0.5) is 0 Å². The summed E-state index contributed by atoms with van der Waals surface area (Å²) in [4.78, 5) is 11.2. The van der Waals surface area contributed by atoms with E-state index < -0.39 is 9.84 Å². The second-order valence-electron chi connectivity index (χ2n) is 4.22. The molecule has 6 heteroatoms. The molecule has 0 fully saturated rings. The molecule has 0 rings (SSSR count). The first-order valence-corrected chi connectivity index (χ1v) is 7.36. The van der Waals surface area contributed by atoms with E-state index >= 15 is 0 Å². The van der Waals surface area contributed by atoms with Crippen molar-refractivity contribution < 1.29 is 13.2 Å². The fourth-order valence-corrected chi connectivity index (χ4v) is 2.60. The van der Waals surface area contributed by atoms with Crippen LogP contribution in [0, 0.1) is 5.92 Å². The normalized spacial score (nSPS) is 11.8. The average Bonchev–Trinajstić information content (AvgIpc) is 2.21. The predicted octanol–water partition coefficient (Wildman–Crippen LogP) is -0.0877. The summed E-state index contributed by atoms with van der Waals surface area (Å²) in [5.41, 5.74) is 5.21. The van der Waals surface area contributed by atoms with Crippen LogP contribution >= 0.6 is 0 Å².